The molecule has 0 bridgehead atoms. The molecule has 1 amide bonds. The molecule has 1 unspecified atom stereocenters. The maximum absolute atomic E-state index is 12.5. The minimum Gasteiger partial charge on any atom is -1.00 e. The van der Waals surface area contributed by atoms with Gasteiger partial charge in [0.2, 0.25) is 0 Å². The molecule has 154 valence electrons. The molecular weight excluding hydrogens is 485 g/mol. The van der Waals surface area contributed by atoms with Crippen LogP contribution in [0, 0.1) is 5.92 Å². The first-order valence-corrected chi connectivity index (χ1v) is 11.0. The molecule has 2 aromatic rings. The second kappa shape index (κ2) is 14.0. The summed E-state index contributed by atoms with van der Waals surface area (Å²) >= 11 is 0. The Balaban J connectivity index is 0.00000392. The van der Waals surface area contributed by atoms with E-state index >= 15 is 0 Å². The van der Waals surface area contributed by atoms with Gasteiger partial charge in [0.15, 0.2) is 4.90 Å². The van der Waals surface area contributed by atoms with Crippen molar-refractivity contribution in [3.63, 3.8) is 0 Å². The van der Waals surface area contributed by atoms with Gasteiger partial charge >= 0.3 is 0 Å². The smallest absolute Gasteiger partial charge is 0.251 e. The Kier molecular flexibility index (Phi) is 12.5. The number of hydrogen-bond acceptors (Lipinski definition) is 3. The van der Waals surface area contributed by atoms with Crippen LogP contribution in [0.3, 0.4) is 0 Å². The molecule has 6 heteroatoms. The molecule has 0 aliphatic rings. The van der Waals surface area contributed by atoms with Crippen LogP contribution in [0.1, 0.15) is 25.3 Å². The fraction of sp³-hybridized carbons (Fsp3) is 0.409. The Morgan fingerprint density at radius 1 is 1.07 bits per heavy atom. The molecule has 0 aliphatic heterocycles. The van der Waals surface area contributed by atoms with Gasteiger partial charge in [-0.2, -0.15) is 0 Å². The molecule has 3 atom stereocenters. The van der Waals surface area contributed by atoms with Crippen LogP contribution in [0.5, 0.6) is 0 Å². The van der Waals surface area contributed by atoms with Crippen molar-refractivity contribution in [2.45, 2.75) is 36.5 Å². The fourth-order valence-electron chi connectivity index (χ4n) is 3.19. The quantitative estimate of drug-likeness (QED) is 0.210. The maximum atomic E-state index is 12.5. The molecule has 4 nitrogen and oxygen atoms in total. The van der Waals surface area contributed by atoms with Gasteiger partial charge in [0, 0.05) is 17.3 Å². The molecule has 0 radical (unpaired) electrons. The van der Waals surface area contributed by atoms with Crippen LogP contribution in [-0.4, -0.2) is 31.1 Å². The monoisotopic (exact) mass is 515 g/mol. The molecule has 0 aliphatic carbocycles. The van der Waals surface area contributed by atoms with Crippen molar-refractivity contribution in [1.29, 1.82) is 0 Å². The molecule has 0 spiro atoms. The predicted molar refractivity (Wildman–Crippen MR) is 111 cm³/mol. The van der Waals surface area contributed by atoms with Crippen molar-refractivity contribution in [1.82, 2.24) is 5.48 Å². The van der Waals surface area contributed by atoms with Crippen LogP contribution >= 0.6 is 0 Å². The summed E-state index contributed by atoms with van der Waals surface area (Å²) in [5.41, 5.74) is 3.69. The van der Waals surface area contributed by atoms with E-state index < -0.39 is 0 Å². The number of hydrogen-bond donors (Lipinski definition) is 1. The Labute approximate surface area is 188 Å². The van der Waals surface area contributed by atoms with E-state index in [1.54, 1.807) is 0 Å². The third-order valence-electron chi connectivity index (χ3n) is 4.66. The zero-order valence-electron chi connectivity index (χ0n) is 16.8. The lowest BCUT2D eigenvalue weighted by molar-refractivity contribution is -0.135. The van der Waals surface area contributed by atoms with E-state index in [1.165, 1.54) is 12.0 Å². The van der Waals surface area contributed by atoms with Crippen LogP contribution < -0.4 is 29.5 Å². The molecule has 0 fully saturated rings. The molecule has 0 aromatic heterocycles. The lowest BCUT2D eigenvalue weighted by Crippen LogP contribution is -3.00. The van der Waals surface area contributed by atoms with Crippen molar-refractivity contribution in [2.24, 2.45) is 5.92 Å². The standard InChI is InChI=1S/C22H29NO3S.HI/c1-4-20(22(24)23-25-2)21(27(3)19-13-9-6-10-14-19)15-16-26-17-18-11-7-5-8-12-18;/h5-14,20-21H,4,15-17H2,1-3H3;1H/t20-,21+,27?;/m1./s1. The summed E-state index contributed by atoms with van der Waals surface area (Å²) in [7, 11) is 1.41. The van der Waals surface area contributed by atoms with Crippen LogP contribution in [0.2, 0.25) is 0 Å². The number of rotatable bonds is 11. The first kappa shape index (κ1) is 24.9. The second-order valence-electron chi connectivity index (χ2n) is 6.42. The van der Waals surface area contributed by atoms with Crippen LogP contribution in [0.25, 0.3) is 0 Å². The summed E-state index contributed by atoms with van der Waals surface area (Å²) in [5, 5.41) is 0.198. The summed E-state index contributed by atoms with van der Waals surface area (Å²) < 4.78 is 5.91. The molecule has 0 heterocycles. The number of benzene rings is 2. The maximum Gasteiger partial charge on any atom is 0.251 e. The number of amides is 1. The van der Waals surface area contributed by atoms with Crippen molar-refractivity contribution < 1.29 is 38.3 Å². The highest BCUT2D eigenvalue weighted by atomic mass is 127. The van der Waals surface area contributed by atoms with Gasteiger partial charge in [-0.15, -0.1) is 0 Å². The number of halogens is 1. The summed E-state index contributed by atoms with van der Waals surface area (Å²) in [5.74, 6) is -0.165. The van der Waals surface area contributed by atoms with E-state index in [2.05, 4.69) is 55.1 Å². The largest absolute Gasteiger partial charge is 1.00 e. The number of hydroxylamine groups is 1. The van der Waals surface area contributed by atoms with Gasteiger partial charge < -0.3 is 28.7 Å². The van der Waals surface area contributed by atoms with Crippen molar-refractivity contribution in [2.75, 3.05) is 20.0 Å². The molecular formula is C22H30INO3S. The Bertz CT molecular complexity index is 672. The Morgan fingerprint density at radius 3 is 2.25 bits per heavy atom. The van der Waals surface area contributed by atoms with E-state index in [4.69, 9.17) is 9.57 Å². The third kappa shape index (κ3) is 7.73. The SMILES string of the molecule is CC[C@@H](C(=O)NOC)[C@H](CCOCc1ccccc1)[S+](C)c1ccccc1.[I-]. The van der Waals surface area contributed by atoms with Gasteiger partial charge in [-0.25, -0.2) is 5.48 Å². The van der Waals surface area contributed by atoms with Crippen LogP contribution in [0.4, 0.5) is 0 Å². The van der Waals surface area contributed by atoms with E-state index in [9.17, 15) is 4.79 Å². The van der Waals surface area contributed by atoms with Crippen molar-refractivity contribution >= 4 is 16.8 Å². The first-order chi connectivity index (χ1) is 13.2. The van der Waals surface area contributed by atoms with Gasteiger partial charge in [0.25, 0.3) is 5.91 Å². The molecule has 0 saturated heterocycles. The highest BCUT2D eigenvalue weighted by Crippen LogP contribution is 2.27. The van der Waals surface area contributed by atoms with Crippen molar-refractivity contribution in [3.05, 3.63) is 66.2 Å². The fourth-order valence-corrected chi connectivity index (χ4v) is 5.39. The lowest BCUT2D eigenvalue weighted by atomic mass is 9.99. The summed E-state index contributed by atoms with van der Waals surface area (Å²) in [6.07, 6.45) is 3.82. The lowest BCUT2D eigenvalue weighted by Gasteiger charge is -2.24. The minimum absolute atomic E-state index is 0. The topological polar surface area (TPSA) is 47.6 Å². The molecule has 2 rings (SSSR count). The Hall–Kier alpha value is -1.09. The molecule has 28 heavy (non-hydrogen) atoms. The summed E-state index contributed by atoms with van der Waals surface area (Å²) in [6.45, 7) is 3.28. The van der Waals surface area contributed by atoms with E-state index in [0.29, 0.717) is 13.2 Å². The highest BCUT2D eigenvalue weighted by molar-refractivity contribution is 7.96. The molecule has 2 aromatic carbocycles. The van der Waals surface area contributed by atoms with Crippen LogP contribution in [-0.2, 0) is 31.9 Å². The summed E-state index contributed by atoms with van der Waals surface area (Å²) in [4.78, 5) is 18.7. The minimum atomic E-state index is -0.112. The normalized spacial score (nSPS) is 13.8. The highest BCUT2D eigenvalue weighted by Gasteiger charge is 2.38. The zero-order chi connectivity index (χ0) is 19.5. The van der Waals surface area contributed by atoms with E-state index in [1.807, 2.05) is 24.3 Å². The summed E-state index contributed by atoms with van der Waals surface area (Å²) in [6, 6.07) is 20.6. The zero-order valence-corrected chi connectivity index (χ0v) is 19.7. The van der Waals surface area contributed by atoms with Crippen LogP contribution in [0.15, 0.2) is 65.6 Å². The second-order valence-corrected chi connectivity index (χ2v) is 8.61. The van der Waals surface area contributed by atoms with E-state index in [-0.39, 0.29) is 51.9 Å². The Morgan fingerprint density at radius 2 is 1.68 bits per heavy atom. The average molecular weight is 515 g/mol. The average Bonchev–Trinajstić information content (AvgIpc) is 2.71. The molecule has 1 N–H and O–H groups in total. The first-order valence-electron chi connectivity index (χ1n) is 9.31. The van der Waals surface area contributed by atoms with Crippen molar-refractivity contribution in [3.8, 4) is 0 Å². The number of nitrogens with one attached hydrogen (secondary N) is 1. The molecule has 0 saturated carbocycles. The van der Waals surface area contributed by atoms with Gasteiger partial charge in [-0.05, 0) is 24.1 Å². The van der Waals surface area contributed by atoms with Gasteiger partial charge in [0.05, 0.1) is 26.2 Å². The number of carbonyl (C=O) groups is 1. The van der Waals surface area contributed by atoms with Gasteiger partial charge in [-0.3, -0.25) is 9.63 Å². The van der Waals surface area contributed by atoms with E-state index in [0.717, 1.165) is 18.4 Å². The number of ether oxygens (including phenoxy) is 1. The third-order valence-corrected chi connectivity index (χ3v) is 7.14. The predicted octanol–water partition coefficient (Wildman–Crippen LogP) is 0.977. The van der Waals surface area contributed by atoms with Gasteiger partial charge in [0.1, 0.15) is 11.5 Å². The van der Waals surface area contributed by atoms with Gasteiger partial charge in [-0.1, -0.05) is 55.5 Å². The number of carbonyl (C=O) groups excluding carboxylic acids is 1.